The highest BCUT2D eigenvalue weighted by Gasteiger charge is 2.37. The summed E-state index contributed by atoms with van der Waals surface area (Å²) in [6.07, 6.45) is 2.99. The summed E-state index contributed by atoms with van der Waals surface area (Å²) in [4.78, 5) is 10.2. The quantitative estimate of drug-likeness (QED) is 0.381. The van der Waals surface area contributed by atoms with Crippen molar-refractivity contribution in [1.29, 1.82) is 0 Å². The molecule has 0 spiro atoms. The standard InChI is InChI=1S/C6H7ClF2O2/c1-2-3-4-11-5(10)6(7,8)9/h2-3H,4H2,1H3. The van der Waals surface area contributed by atoms with Crippen molar-refractivity contribution >= 4 is 17.6 Å². The second-order valence-corrected chi connectivity index (χ2v) is 2.14. The van der Waals surface area contributed by atoms with Crippen LogP contribution in [0.25, 0.3) is 0 Å². The van der Waals surface area contributed by atoms with Crippen LogP contribution in [0.15, 0.2) is 12.2 Å². The van der Waals surface area contributed by atoms with Crippen LogP contribution < -0.4 is 0 Å². The molecule has 0 atom stereocenters. The molecular weight excluding hydrogens is 178 g/mol. The van der Waals surface area contributed by atoms with E-state index in [1.807, 2.05) is 0 Å². The number of allylic oxidation sites excluding steroid dienone is 1. The van der Waals surface area contributed by atoms with E-state index >= 15 is 0 Å². The van der Waals surface area contributed by atoms with Crippen LogP contribution in [-0.4, -0.2) is 18.0 Å². The number of alkyl halides is 3. The fourth-order valence-corrected chi connectivity index (χ4v) is 0.356. The Labute approximate surface area is 67.8 Å². The lowest BCUT2D eigenvalue weighted by molar-refractivity contribution is -0.159. The van der Waals surface area contributed by atoms with E-state index in [4.69, 9.17) is 0 Å². The first kappa shape index (κ1) is 10.4. The normalized spacial score (nSPS) is 12.0. The Morgan fingerprint density at radius 3 is 2.64 bits per heavy atom. The lowest BCUT2D eigenvalue weighted by Crippen LogP contribution is -2.24. The molecule has 2 nitrogen and oxygen atoms in total. The first-order chi connectivity index (χ1) is 4.98. The lowest BCUT2D eigenvalue weighted by Gasteiger charge is -2.05. The molecule has 0 aliphatic heterocycles. The van der Waals surface area contributed by atoms with Gasteiger partial charge in [-0.3, -0.25) is 0 Å². The Hall–Kier alpha value is -0.640. The highest BCUT2D eigenvalue weighted by molar-refractivity contribution is 6.31. The highest BCUT2D eigenvalue weighted by Crippen LogP contribution is 2.19. The molecule has 0 N–H and O–H groups in total. The molecule has 0 aromatic carbocycles. The zero-order valence-corrected chi connectivity index (χ0v) is 6.57. The summed E-state index contributed by atoms with van der Waals surface area (Å²) in [6, 6.07) is 0. The van der Waals surface area contributed by atoms with Crippen LogP contribution in [0.3, 0.4) is 0 Å². The predicted octanol–water partition coefficient (Wildman–Crippen LogP) is 1.94. The molecule has 0 saturated heterocycles. The van der Waals surface area contributed by atoms with Crippen molar-refractivity contribution in [2.45, 2.75) is 12.3 Å². The van der Waals surface area contributed by atoms with Gasteiger partial charge < -0.3 is 4.74 Å². The van der Waals surface area contributed by atoms with Gasteiger partial charge in [-0.2, -0.15) is 8.78 Å². The Kier molecular flexibility index (Phi) is 4.03. The zero-order valence-electron chi connectivity index (χ0n) is 5.81. The van der Waals surface area contributed by atoms with E-state index in [9.17, 15) is 13.6 Å². The molecule has 0 heterocycles. The van der Waals surface area contributed by atoms with E-state index in [-0.39, 0.29) is 6.61 Å². The molecule has 0 fully saturated rings. The minimum Gasteiger partial charge on any atom is -0.456 e. The van der Waals surface area contributed by atoms with Gasteiger partial charge >= 0.3 is 11.4 Å². The number of carbonyl (C=O) groups excluding carboxylic acids is 1. The van der Waals surface area contributed by atoms with E-state index in [1.165, 1.54) is 6.08 Å². The number of esters is 1. The van der Waals surface area contributed by atoms with Crippen LogP contribution in [0.2, 0.25) is 0 Å². The fraction of sp³-hybridized carbons (Fsp3) is 0.500. The van der Waals surface area contributed by atoms with Crippen molar-refractivity contribution in [2.24, 2.45) is 0 Å². The molecule has 0 aliphatic carbocycles. The zero-order chi connectivity index (χ0) is 8.91. The van der Waals surface area contributed by atoms with E-state index in [1.54, 1.807) is 13.0 Å². The Morgan fingerprint density at radius 2 is 2.27 bits per heavy atom. The molecule has 0 radical (unpaired) electrons. The minimum absolute atomic E-state index is 0.183. The van der Waals surface area contributed by atoms with Crippen LogP contribution in [0.5, 0.6) is 0 Å². The van der Waals surface area contributed by atoms with Crippen molar-refractivity contribution < 1.29 is 18.3 Å². The van der Waals surface area contributed by atoms with Crippen LogP contribution >= 0.6 is 11.6 Å². The SMILES string of the molecule is CC=CCOC(=O)C(F)(F)Cl. The molecule has 0 aromatic heterocycles. The van der Waals surface area contributed by atoms with Crippen molar-refractivity contribution in [2.75, 3.05) is 6.61 Å². The summed E-state index contributed by atoms with van der Waals surface area (Å²) in [5.41, 5.74) is 0. The summed E-state index contributed by atoms with van der Waals surface area (Å²) in [5.74, 6) is -1.72. The van der Waals surface area contributed by atoms with Gasteiger partial charge in [0, 0.05) is 0 Å². The molecule has 0 aliphatic rings. The number of carbonyl (C=O) groups is 1. The number of rotatable bonds is 3. The van der Waals surface area contributed by atoms with Gasteiger partial charge in [-0.25, -0.2) is 4.79 Å². The van der Waals surface area contributed by atoms with Crippen LogP contribution in [0.1, 0.15) is 6.92 Å². The molecule has 0 aromatic rings. The van der Waals surface area contributed by atoms with Crippen LogP contribution in [0.4, 0.5) is 8.78 Å². The number of hydrogen-bond donors (Lipinski definition) is 0. The smallest absolute Gasteiger partial charge is 0.417 e. The van der Waals surface area contributed by atoms with Gasteiger partial charge in [0.2, 0.25) is 0 Å². The summed E-state index contributed by atoms with van der Waals surface area (Å²) in [7, 11) is 0. The minimum atomic E-state index is -3.92. The molecule has 0 rings (SSSR count). The average molecular weight is 185 g/mol. The number of ether oxygens (including phenoxy) is 1. The number of hydrogen-bond acceptors (Lipinski definition) is 2. The third kappa shape index (κ3) is 4.72. The van der Waals surface area contributed by atoms with Gasteiger partial charge in [-0.1, -0.05) is 12.2 Å². The third-order valence-electron chi connectivity index (χ3n) is 0.778. The highest BCUT2D eigenvalue weighted by atomic mass is 35.5. The second-order valence-electron chi connectivity index (χ2n) is 1.67. The lowest BCUT2D eigenvalue weighted by atomic mass is 10.5. The maximum atomic E-state index is 11.8. The van der Waals surface area contributed by atoms with Gasteiger partial charge in [0.05, 0.1) is 0 Å². The fourth-order valence-electron chi connectivity index (χ4n) is 0.302. The Balaban J connectivity index is 3.71. The maximum absolute atomic E-state index is 11.8. The molecule has 0 unspecified atom stereocenters. The molecule has 5 heteroatoms. The maximum Gasteiger partial charge on any atom is 0.417 e. The summed E-state index contributed by atoms with van der Waals surface area (Å²) in [5, 5.41) is -3.92. The predicted molar refractivity (Wildman–Crippen MR) is 36.6 cm³/mol. The molecular formula is C6H7ClF2O2. The van der Waals surface area contributed by atoms with Gasteiger partial charge in [0.15, 0.2) is 0 Å². The summed E-state index contributed by atoms with van der Waals surface area (Å²) >= 11 is 4.33. The first-order valence-corrected chi connectivity index (χ1v) is 3.21. The van der Waals surface area contributed by atoms with Gasteiger partial charge in [-0.15, -0.1) is 0 Å². The Bertz CT molecular complexity index is 162. The molecule has 64 valence electrons. The van der Waals surface area contributed by atoms with Crippen LogP contribution in [-0.2, 0) is 9.53 Å². The third-order valence-corrected chi connectivity index (χ3v) is 0.932. The van der Waals surface area contributed by atoms with E-state index in [2.05, 4.69) is 16.3 Å². The van der Waals surface area contributed by atoms with E-state index in [0.29, 0.717) is 0 Å². The first-order valence-electron chi connectivity index (χ1n) is 2.83. The topological polar surface area (TPSA) is 26.3 Å². The van der Waals surface area contributed by atoms with Gasteiger partial charge in [0.1, 0.15) is 6.61 Å². The molecule has 11 heavy (non-hydrogen) atoms. The monoisotopic (exact) mass is 184 g/mol. The summed E-state index contributed by atoms with van der Waals surface area (Å²) in [6.45, 7) is 1.49. The van der Waals surface area contributed by atoms with Crippen LogP contribution in [0, 0.1) is 0 Å². The number of halogens is 3. The van der Waals surface area contributed by atoms with Crippen molar-refractivity contribution in [3.8, 4) is 0 Å². The van der Waals surface area contributed by atoms with Crippen molar-refractivity contribution in [1.82, 2.24) is 0 Å². The van der Waals surface area contributed by atoms with Crippen molar-refractivity contribution in [3.05, 3.63) is 12.2 Å². The van der Waals surface area contributed by atoms with E-state index < -0.39 is 11.4 Å². The summed E-state index contributed by atoms with van der Waals surface area (Å²) < 4.78 is 27.7. The van der Waals surface area contributed by atoms with Crippen molar-refractivity contribution in [3.63, 3.8) is 0 Å². The van der Waals surface area contributed by atoms with Gasteiger partial charge in [0.25, 0.3) is 0 Å². The molecule has 0 saturated carbocycles. The molecule has 0 amide bonds. The van der Waals surface area contributed by atoms with E-state index in [0.717, 1.165) is 0 Å². The average Bonchev–Trinajstić information content (AvgIpc) is 1.86. The second kappa shape index (κ2) is 4.28. The molecule has 0 bridgehead atoms. The Morgan fingerprint density at radius 1 is 1.73 bits per heavy atom. The largest absolute Gasteiger partial charge is 0.456 e. The van der Waals surface area contributed by atoms with Gasteiger partial charge in [-0.05, 0) is 18.5 Å².